The maximum absolute atomic E-state index is 5.48. The zero-order chi connectivity index (χ0) is 11.9. The Balaban J connectivity index is 4.79. The molecule has 4 nitrogen and oxygen atoms in total. The van der Waals surface area contributed by atoms with Crippen LogP contribution in [0.15, 0.2) is 12.7 Å². The van der Waals surface area contributed by atoms with Crippen LogP contribution in [0, 0.1) is 0 Å². The molecule has 0 aromatic rings. The summed E-state index contributed by atoms with van der Waals surface area (Å²) in [4.78, 5) is 2.15. The van der Waals surface area contributed by atoms with Crippen molar-refractivity contribution in [1.82, 2.24) is 4.90 Å². The lowest BCUT2D eigenvalue weighted by atomic mass is 10.4. The fourth-order valence-electron chi connectivity index (χ4n) is 1.82. The molecule has 0 rings (SSSR count). The van der Waals surface area contributed by atoms with E-state index < -0.39 is 8.80 Å². The number of hydrogen-bond acceptors (Lipinski definition) is 4. The fraction of sp³-hybridized carbons (Fsp3) is 0.800. The minimum atomic E-state index is -2.57. The highest BCUT2D eigenvalue weighted by Crippen LogP contribution is 2.19. The van der Waals surface area contributed by atoms with E-state index in [4.69, 9.17) is 13.3 Å². The molecule has 0 saturated heterocycles. The highest BCUT2D eigenvalue weighted by atomic mass is 28.4. The van der Waals surface area contributed by atoms with Crippen molar-refractivity contribution in [3.63, 3.8) is 0 Å². The number of rotatable bonds is 8. The summed E-state index contributed by atoms with van der Waals surface area (Å²) in [5, 5.41) is 0. The Morgan fingerprint density at radius 1 is 1.27 bits per heavy atom. The van der Waals surface area contributed by atoms with E-state index in [-0.39, 0.29) is 5.67 Å². The van der Waals surface area contributed by atoms with Crippen LogP contribution in [0.2, 0.25) is 0 Å². The molecule has 0 aliphatic heterocycles. The fourth-order valence-corrected chi connectivity index (χ4v) is 4.28. The average molecular weight is 233 g/mol. The first kappa shape index (κ1) is 14.8. The third-order valence-corrected chi connectivity index (χ3v) is 5.97. The van der Waals surface area contributed by atoms with Gasteiger partial charge in [-0.2, -0.15) is 0 Å². The van der Waals surface area contributed by atoms with Gasteiger partial charge in [-0.1, -0.05) is 13.0 Å². The highest BCUT2D eigenvalue weighted by molar-refractivity contribution is 6.62. The Hall–Kier alpha value is -0.203. The first-order valence-corrected chi connectivity index (χ1v) is 6.88. The molecular weight excluding hydrogens is 210 g/mol. The van der Waals surface area contributed by atoms with Crippen molar-refractivity contribution >= 4 is 8.80 Å². The van der Waals surface area contributed by atoms with Crippen LogP contribution in [0.5, 0.6) is 0 Å². The molecule has 1 unspecified atom stereocenters. The van der Waals surface area contributed by atoms with Gasteiger partial charge in [-0.25, -0.2) is 0 Å². The number of likely N-dealkylation sites (N-methyl/N-ethyl adjacent to an activating group) is 1. The summed E-state index contributed by atoms with van der Waals surface area (Å²) in [6, 6.07) is 0. The van der Waals surface area contributed by atoms with E-state index in [0.717, 1.165) is 13.0 Å². The Morgan fingerprint density at radius 2 is 1.73 bits per heavy atom. The molecule has 1 atom stereocenters. The molecule has 0 fully saturated rings. The third kappa shape index (κ3) is 3.39. The summed E-state index contributed by atoms with van der Waals surface area (Å²) in [7, 11) is 4.38. The van der Waals surface area contributed by atoms with Crippen LogP contribution in [0.3, 0.4) is 0 Å². The van der Waals surface area contributed by atoms with Gasteiger partial charge >= 0.3 is 8.80 Å². The van der Waals surface area contributed by atoms with Crippen molar-refractivity contribution in [3.05, 3.63) is 12.7 Å². The molecule has 0 amide bonds. The average Bonchev–Trinajstić information content (AvgIpc) is 2.26. The second-order valence-corrected chi connectivity index (χ2v) is 6.47. The molecule has 0 aliphatic rings. The smallest absolute Gasteiger partial charge is 0.376 e. The molecule has 0 spiro atoms. The maximum atomic E-state index is 5.48. The minimum absolute atomic E-state index is 0.162. The molecular formula is C10H23NO3Si. The van der Waals surface area contributed by atoms with Gasteiger partial charge in [-0.3, -0.25) is 4.90 Å². The SMILES string of the molecule is C=CCN(C)C(CC)[Si](OC)(OC)OC. The number of nitrogens with zero attached hydrogens (tertiary/aromatic N) is 1. The van der Waals surface area contributed by atoms with Crippen molar-refractivity contribution in [2.75, 3.05) is 34.9 Å². The predicted octanol–water partition coefficient (Wildman–Crippen LogP) is 1.30. The van der Waals surface area contributed by atoms with Crippen LogP contribution < -0.4 is 0 Å². The van der Waals surface area contributed by atoms with Crippen LogP contribution in [0.4, 0.5) is 0 Å². The summed E-state index contributed by atoms with van der Waals surface area (Å²) in [5.74, 6) is 0. The molecule has 0 heterocycles. The van der Waals surface area contributed by atoms with Gasteiger partial charge in [0.05, 0.1) is 5.67 Å². The topological polar surface area (TPSA) is 30.9 Å². The molecule has 0 saturated carbocycles. The Labute approximate surface area is 94.2 Å². The van der Waals surface area contributed by atoms with Crippen molar-refractivity contribution in [3.8, 4) is 0 Å². The normalized spacial score (nSPS) is 14.3. The van der Waals surface area contributed by atoms with E-state index in [1.165, 1.54) is 0 Å². The molecule has 0 bridgehead atoms. The quantitative estimate of drug-likeness (QED) is 0.467. The third-order valence-electron chi connectivity index (χ3n) is 2.60. The largest absolute Gasteiger partial charge is 0.518 e. The van der Waals surface area contributed by atoms with E-state index in [9.17, 15) is 0 Å². The van der Waals surface area contributed by atoms with E-state index in [0.29, 0.717) is 0 Å². The Morgan fingerprint density at radius 3 is 2.00 bits per heavy atom. The zero-order valence-electron chi connectivity index (χ0n) is 10.4. The Bertz CT molecular complexity index is 177. The summed E-state index contributed by atoms with van der Waals surface area (Å²) in [5.41, 5.74) is 0.162. The van der Waals surface area contributed by atoms with Crippen LogP contribution in [-0.2, 0) is 13.3 Å². The minimum Gasteiger partial charge on any atom is -0.376 e. The van der Waals surface area contributed by atoms with Crippen molar-refractivity contribution in [2.45, 2.75) is 19.0 Å². The van der Waals surface area contributed by atoms with Gasteiger partial charge in [0.2, 0.25) is 0 Å². The summed E-state index contributed by atoms with van der Waals surface area (Å²) in [6.07, 6.45) is 2.79. The van der Waals surface area contributed by atoms with E-state index >= 15 is 0 Å². The van der Waals surface area contributed by atoms with E-state index in [2.05, 4.69) is 18.4 Å². The van der Waals surface area contributed by atoms with Gasteiger partial charge in [-0.15, -0.1) is 6.58 Å². The molecule has 0 radical (unpaired) electrons. The summed E-state index contributed by atoms with van der Waals surface area (Å²) in [6.45, 7) is 6.62. The zero-order valence-corrected chi connectivity index (χ0v) is 11.4. The molecule has 0 aliphatic carbocycles. The number of hydrogen-bond donors (Lipinski definition) is 0. The second kappa shape index (κ2) is 7.13. The van der Waals surface area contributed by atoms with Crippen molar-refractivity contribution < 1.29 is 13.3 Å². The lowest BCUT2D eigenvalue weighted by molar-refractivity contribution is 0.0831. The van der Waals surface area contributed by atoms with Crippen molar-refractivity contribution in [1.29, 1.82) is 0 Å². The first-order valence-electron chi connectivity index (χ1n) is 5.08. The molecule has 15 heavy (non-hydrogen) atoms. The van der Waals surface area contributed by atoms with Crippen molar-refractivity contribution in [2.24, 2.45) is 0 Å². The van der Waals surface area contributed by atoms with Crippen LogP contribution in [-0.4, -0.2) is 54.3 Å². The summed E-state index contributed by atoms with van der Waals surface area (Å²) >= 11 is 0. The molecule has 0 aromatic heterocycles. The molecule has 0 aromatic carbocycles. The lowest BCUT2D eigenvalue weighted by Crippen LogP contribution is -2.60. The standard InChI is InChI=1S/C10H23NO3Si/c1-7-9-11(3)10(8-2)15(12-4,13-5)14-6/h7,10H,1,8-9H2,2-6H3. The lowest BCUT2D eigenvalue weighted by Gasteiger charge is -2.36. The maximum Gasteiger partial charge on any atom is 0.518 e. The van der Waals surface area contributed by atoms with Gasteiger partial charge in [0.1, 0.15) is 0 Å². The predicted molar refractivity (Wildman–Crippen MR) is 63.7 cm³/mol. The Kier molecular flexibility index (Phi) is 7.04. The van der Waals surface area contributed by atoms with Crippen LogP contribution >= 0.6 is 0 Å². The van der Waals surface area contributed by atoms with Crippen LogP contribution in [0.25, 0.3) is 0 Å². The van der Waals surface area contributed by atoms with Gasteiger partial charge in [-0.05, 0) is 13.5 Å². The molecule has 90 valence electrons. The van der Waals surface area contributed by atoms with Gasteiger partial charge in [0, 0.05) is 27.9 Å². The van der Waals surface area contributed by atoms with Crippen LogP contribution in [0.1, 0.15) is 13.3 Å². The highest BCUT2D eigenvalue weighted by Gasteiger charge is 2.48. The van der Waals surface area contributed by atoms with Gasteiger partial charge in [0.25, 0.3) is 0 Å². The summed E-state index contributed by atoms with van der Waals surface area (Å²) < 4.78 is 16.4. The van der Waals surface area contributed by atoms with E-state index in [1.54, 1.807) is 21.3 Å². The monoisotopic (exact) mass is 233 g/mol. The van der Waals surface area contributed by atoms with Gasteiger partial charge in [0.15, 0.2) is 0 Å². The van der Waals surface area contributed by atoms with E-state index in [1.807, 2.05) is 13.1 Å². The molecule has 0 N–H and O–H groups in total. The molecule has 5 heteroatoms. The first-order chi connectivity index (χ1) is 7.11. The van der Waals surface area contributed by atoms with Gasteiger partial charge < -0.3 is 13.3 Å². The second-order valence-electron chi connectivity index (χ2n) is 3.37.